The number of primary amides is 1. The molecule has 7 heteroatoms. The van der Waals surface area contributed by atoms with Gasteiger partial charge in [0, 0.05) is 0 Å². The van der Waals surface area contributed by atoms with Gasteiger partial charge in [0.25, 0.3) is 11.8 Å². The Labute approximate surface area is 156 Å². The molecule has 3 rings (SSSR count). The number of para-hydroxylation sites is 1. The van der Waals surface area contributed by atoms with Crippen molar-refractivity contribution in [2.45, 2.75) is 6.92 Å². The van der Waals surface area contributed by atoms with E-state index in [4.69, 9.17) is 15.2 Å². The summed E-state index contributed by atoms with van der Waals surface area (Å²) in [5.41, 5.74) is 7.66. The van der Waals surface area contributed by atoms with Gasteiger partial charge in [-0.3, -0.25) is 9.59 Å². The summed E-state index contributed by atoms with van der Waals surface area (Å²) in [6.07, 6.45) is 1.74. The normalized spacial score (nSPS) is 15.0. The first-order chi connectivity index (χ1) is 13.0. The van der Waals surface area contributed by atoms with E-state index in [-0.39, 0.29) is 12.5 Å². The summed E-state index contributed by atoms with van der Waals surface area (Å²) in [6, 6.07) is 14.4. The van der Waals surface area contributed by atoms with E-state index >= 15 is 0 Å². The minimum absolute atomic E-state index is 0.202. The molecule has 0 radical (unpaired) electrons. The Hall–Kier alpha value is -3.61. The van der Waals surface area contributed by atoms with Gasteiger partial charge in [-0.05, 0) is 42.8 Å². The van der Waals surface area contributed by atoms with Crippen LogP contribution in [0.4, 0.5) is 5.69 Å². The largest absolute Gasteiger partial charge is 0.493 e. The lowest BCUT2D eigenvalue weighted by molar-refractivity contribution is -0.120. The van der Waals surface area contributed by atoms with Crippen LogP contribution in [0.2, 0.25) is 0 Å². The third-order valence-electron chi connectivity index (χ3n) is 3.93. The highest BCUT2D eigenvalue weighted by Gasteiger charge is 2.28. The van der Waals surface area contributed by atoms with Gasteiger partial charge in [-0.25, -0.2) is 0 Å². The molecule has 2 aromatic carbocycles. The first kappa shape index (κ1) is 18.2. The van der Waals surface area contributed by atoms with Crippen LogP contribution in [0, 0.1) is 0 Å². The Kier molecular flexibility index (Phi) is 5.21. The predicted molar refractivity (Wildman–Crippen MR) is 103 cm³/mol. The molecule has 7 nitrogen and oxygen atoms in total. The molecule has 2 N–H and O–H groups in total. The van der Waals surface area contributed by atoms with E-state index in [2.05, 4.69) is 5.10 Å². The lowest BCUT2D eigenvalue weighted by atomic mass is 10.1. The minimum atomic E-state index is -0.576. The lowest BCUT2D eigenvalue weighted by Gasteiger charge is -2.11. The minimum Gasteiger partial charge on any atom is -0.493 e. The maximum atomic E-state index is 12.8. The Balaban J connectivity index is 1.87. The maximum absolute atomic E-state index is 12.8. The Morgan fingerprint density at radius 3 is 2.59 bits per heavy atom. The molecule has 1 heterocycles. The van der Waals surface area contributed by atoms with Crippen molar-refractivity contribution in [3.05, 3.63) is 59.7 Å². The van der Waals surface area contributed by atoms with E-state index < -0.39 is 5.91 Å². The fourth-order valence-electron chi connectivity index (χ4n) is 2.64. The molecular weight excluding hydrogens is 346 g/mol. The number of ether oxygens (including phenoxy) is 2. The Morgan fingerprint density at radius 2 is 1.93 bits per heavy atom. The second kappa shape index (κ2) is 7.74. The van der Waals surface area contributed by atoms with Gasteiger partial charge in [0.05, 0.1) is 24.1 Å². The molecule has 0 aliphatic carbocycles. The number of rotatable bonds is 6. The summed E-state index contributed by atoms with van der Waals surface area (Å²) in [7, 11) is 1.49. The molecule has 0 bridgehead atoms. The summed E-state index contributed by atoms with van der Waals surface area (Å²) < 4.78 is 10.6. The van der Waals surface area contributed by atoms with Gasteiger partial charge in [-0.15, -0.1) is 0 Å². The highest BCUT2D eigenvalue weighted by Crippen LogP contribution is 2.30. The second-order valence-corrected chi connectivity index (χ2v) is 5.86. The molecule has 0 atom stereocenters. The van der Waals surface area contributed by atoms with Crippen molar-refractivity contribution in [1.82, 2.24) is 0 Å². The monoisotopic (exact) mass is 365 g/mol. The third-order valence-corrected chi connectivity index (χ3v) is 3.93. The van der Waals surface area contributed by atoms with E-state index in [1.807, 2.05) is 30.3 Å². The van der Waals surface area contributed by atoms with Gasteiger partial charge < -0.3 is 15.2 Å². The van der Waals surface area contributed by atoms with E-state index in [0.717, 1.165) is 5.56 Å². The zero-order valence-electron chi connectivity index (χ0n) is 15.0. The van der Waals surface area contributed by atoms with E-state index in [1.54, 1.807) is 31.2 Å². The fraction of sp³-hybridized carbons (Fsp3) is 0.150. The van der Waals surface area contributed by atoms with Crippen molar-refractivity contribution in [3.63, 3.8) is 0 Å². The van der Waals surface area contributed by atoms with Crippen LogP contribution in [0.15, 0.2) is 59.2 Å². The van der Waals surface area contributed by atoms with E-state index in [9.17, 15) is 9.59 Å². The van der Waals surface area contributed by atoms with Gasteiger partial charge in [-0.2, -0.15) is 10.1 Å². The van der Waals surface area contributed by atoms with Gasteiger partial charge >= 0.3 is 0 Å². The van der Waals surface area contributed by atoms with Crippen LogP contribution in [0.5, 0.6) is 11.5 Å². The lowest BCUT2D eigenvalue weighted by Crippen LogP contribution is -2.21. The quantitative estimate of drug-likeness (QED) is 0.795. The molecule has 0 aromatic heterocycles. The topological polar surface area (TPSA) is 94.2 Å². The van der Waals surface area contributed by atoms with Crippen LogP contribution in [0.25, 0.3) is 6.08 Å². The number of hydrogen-bond acceptors (Lipinski definition) is 5. The molecule has 0 unspecified atom stereocenters. The summed E-state index contributed by atoms with van der Waals surface area (Å²) in [4.78, 5) is 23.6. The van der Waals surface area contributed by atoms with Gasteiger partial charge in [0.15, 0.2) is 18.1 Å². The standard InChI is InChI=1S/C20H19N3O4/c1-13-16(20(25)23(22-13)15-6-4-3-5-7-15)10-14-8-9-17(18(11-14)26-2)27-12-19(21)24/h3-11H,12H2,1-2H3,(H2,21,24)/b16-10-. The maximum Gasteiger partial charge on any atom is 0.280 e. The molecule has 2 aromatic rings. The first-order valence-corrected chi connectivity index (χ1v) is 8.25. The number of nitrogens with two attached hydrogens (primary N) is 1. The average molecular weight is 365 g/mol. The van der Waals surface area contributed by atoms with E-state index in [0.29, 0.717) is 28.5 Å². The van der Waals surface area contributed by atoms with Gasteiger partial charge in [0.2, 0.25) is 0 Å². The molecule has 0 fully saturated rings. The number of benzene rings is 2. The number of hydrogen-bond donors (Lipinski definition) is 1. The molecule has 1 aliphatic rings. The highest BCUT2D eigenvalue weighted by molar-refractivity contribution is 6.32. The molecule has 0 saturated carbocycles. The van der Waals surface area contributed by atoms with Crippen molar-refractivity contribution in [3.8, 4) is 11.5 Å². The Bertz CT molecular complexity index is 935. The molecule has 0 spiro atoms. The van der Waals surface area contributed by atoms with Crippen LogP contribution < -0.4 is 20.2 Å². The second-order valence-electron chi connectivity index (χ2n) is 5.86. The molecule has 2 amide bonds. The fourth-order valence-corrected chi connectivity index (χ4v) is 2.64. The number of carbonyl (C=O) groups excluding carboxylic acids is 2. The molecule has 138 valence electrons. The van der Waals surface area contributed by atoms with Gasteiger partial charge in [-0.1, -0.05) is 24.3 Å². The molecule has 0 saturated heterocycles. The highest BCUT2D eigenvalue weighted by atomic mass is 16.5. The predicted octanol–water partition coefficient (Wildman–Crippen LogP) is 2.37. The molecule has 27 heavy (non-hydrogen) atoms. The smallest absolute Gasteiger partial charge is 0.280 e. The number of amides is 2. The van der Waals surface area contributed by atoms with Crippen LogP contribution in [-0.2, 0) is 9.59 Å². The summed E-state index contributed by atoms with van der Waals surface area (Å²) >= 11 is 0. The number of anilines is 1. The van der Waals surface area contributed by atoms with Crippen molar-refractivity contribution in [2.75, 3.05) is 18.7 Å². The first-order valence-electron chi connectivity index (χ1n) is 8.25. The summed E-state index contributed by atoms with van der Waals surface area (Å²) in [6.45, 7) is 1.54. The zero-order chi connectivity index (χ0) is 19.4. The Morgan fingerprint density at radius 1 is 1.19 bits per heavy atom. The number of hydrazone groups is 1. The van der Waals surface area contributed by atoms with Crippen LogP contribution >= 0.6 is 0 Å². The van der Waals surface area contributed by atoms with Crippen molar-refractivity contribution >= 4 is 29.3 Å². The zero-order valence-corrected chi connectivity index (χ0v) is 15.0. The van der Waals surface area contributed by atoms with E-state index in [1.165, 1.54) is 12.1 Å². The average Bonchev–Trinajstić information content (AvgIpc) is 2.95. The van der Waals surface area contributed by atoms with Crippen LogP contribution in [0.3, 0.4) is 0 Å². The van der Waals surface area contributed by atoms with Crippen molar-refractivity contribution in [1.29, 1.82) is 0 Å². The van der Waals surface area contributed by atoms with Crippen LogP contribution in [0.1, 0.15) is 12.5 Å². The summed E-state index contributed by atoms with van der Waals surface area (Å²) in [5, 5.41) is 5.73. The summed E-state index contributed by atoms with van der Waals surface area (Å²) in [5.74, 6) is 0.0532. The SMILES string of the molecule is COc1cc(/C=C2\C(=O)N(c3ccccc3)N=C2C)ccc1OCC(N)=O. The molecule has 1 aliphatic heterocycles. The number of nitrogens with zero attached hydrogens (tertiary/aromatic N) is 2. The van der Waals surface area contributed by atoms with Gasteiger partial charge in [0.1, 0.15) is 0 Å². The van der Waals surface area contributed by atoms with Crippen molar-refractivity contribution < 1.29 is 19.1 Å². The van der Waals surface area contributed by atoms with Crippen LogP contribution in [-0.4, -0.2) is 31.2 Å². The third kappa shape index (κ3) is 3.98. The number of carbonyl (C=O) groups is 2. The molecular formula is C20H19N3O4. The number of methoxy groups -OCH3 is 1. The van der Waals surface area contributed by atoms with Crippen molar-refractivity contribution in [2.24, 2.45) is 10.8 Å².